The van der Waals surface area contributed by atoms with Crippen LogP contribution in [0, 0.1) is 11.5 Å². The van der Waals surface area contributed by atoms with Crippen LogP contribution in [0.3, 0.4) is 0 Å². The molecule has 0 unspecified atom stereocenters. The maximum atomic E-state index is 8.32. The predicted molar refractivity (Wildman–Crippen MR) is 28.3 cm³/mol. The van der Waals surface area contributed by atoms with Crippen LogP contribution in [-0.4, -0.2) is 25.1 Å². The Balaban J connectivity index is 3.66. The SMILES string of the molecule is CC[N+](C)(C)C#N. The van der Waals surface area contributed by atoms with E-state index in [1.807, 2.05) is 21.0 Å². The van der Waals surface area contributed by atoms with E-state index < -0.39 is 0 Å². The Morgan fingerprint density at radius 2 is 2.00 bits per heavy atom. The van der Waals surface area contributed by atoms with Gasteiger partial charge in [0, 0.05) is 0 Å². The largest absolute Gasteiger partial charge is 0.308 e. The summed E-state index contributed by atoms with van der Waals surface area (Å²) in [5.41, 5.74) is 0. The van der Waals surface area contributed by atoms with Crippen molar-refractivity contribution in [3.8, 4) is 6.19 Å². The van der Waals surface area contributed by atoms with Crippen LogP contribution < -0.4 is 0 Å². The van der Waals surface area contributed by atoms with E-state index in [0.717, 1.165) is 6.54 Å². The van der Waals surface area contributed by atoms with Crippen molar-refractivity contribution in [3.05, 3.63) is 0 Å². The second-order valence-electron chi connectivity index (χ2n) is 2.10. The van der Waals surface area contributed by atoms with Crippen molar-refractivity contribution in [1.82, 2.24) is 0 Å². The molecule has 0 bridgehead atoms. The summed E-state index contributed by atoms with van der Waals surface area (Å²) in [6.45, 7) is 2.86. The third-order valence-electron chi connectivity index (χ3n) is 1.06. The summed E-state index contributed by atoms with van der Waals surface area (Å²) < 4.78 is 0.444. The molecular weight excluding hydrogens is 88.1 g/mol. The molecule has 0 aromatic carbocycles. The zero-order chi connectivity index (χ0) is 5.91. The lowest BCUT2D eigenvalue weighted by Crippen LogP contribution is -2.32. The smallest absolute Gasteiger partial charge is 0.229 e. The molecule has 0 saturated carbocycles. The van der Waals surface area contributed by atoms with Crippen LogP contribution in [0.1, 0.15) is 6.92 Å². The van der Waals surface area contributed by atoms with Crippen LogP contribution in [0.4, 0.5) is 0 Å². The Bertz CT molecular complexity index is 88.7. The van der Waals surface area contributed by atoms with Crippen molar-refractivity contribution >= 4 is 0 Å². The highest BCUT2D eigenvalue weighted by Gasteiger charge is 2.07. The zero-order valence-corrected chi connectivity index (χ0v) is 5.10. The quantitative estimate of drug-likeness (QED) is 0.348. The van der Waals surface area contributed by atoms with Gasteiger partial charge in [0.25, 0.3) is 0 Å². The van der Waals surface area contributed by atoms with Gasteiger partial charge in [-0.1, -0.05) is 0 Å². The topological polar surface area (TPSA) is 23.8 Å². The Labute approximate surface area is 44.6 Å². The van der Waals surface area contributed by atoms with E-state index >= 15 is 0 Å². The third-order valence-corrected chi connectivity index (χ3v) is 1.06. The Morgan fingerprint density at radius 3 is 2.00 bits per heavy atom. The lowest BCUT2D eigenvalue weighted by Gasteiger charge is -2.14. The number of hydrogen-bond acceptors (Lipinski definition) is 1. The van der Waals surface area contributed by atoms with Crippen molar-refractivity contribution in [2.24, 2.45) is 0 Å². The summed E-state index contributed by atoms with van der Waals surface area (Å²) in [5, 5.41) is 8.32. The summed E-state index contributed by atoms with van der Waals surface area (Å²) in [6.07, 6.45) is 2.13. The van der Waals surface area contributed by atoms with E-state index in [4.69, 9.17) is 5.26 Å². The first kappa shape index (κ1) is 6.45. The average Bonchev–Trinajstić information content (AvgIpc) is 1.68. The van der Waals surface area contributed by atoms with Gasteiger partial charge in [-0.15, -0.1) is 5.26 Å². The lowest BCUT2D eigenvalue weighted by atomic mass is 10.6. The van der Waals surface area contributed by atoms with E-state index in [1.54, 1.807) is 0 Å². The Kier molecular flexibility index (Phi) is 1.79. The highest BCUT2D eigenvalue weighted by atomic mass is 15.3. The molecule has 0 radical (unpaired) electrons. The maximum absolute atomic E-state index is 8.32. The van der Waals surface area contributed by atoms with E-state index in [1.165, 1.54) is 0 Å². The first-order valence-corrected chi connectivity index (χ1v) is 2.36. The van der Waals surface area contributed by atoms with Crippen LogP contribution in [0.2, 0.25) is 0 Å². The molecule has 40 valence electrons. The van der Waals surface area contributed by atoms with E-state index in [0.29, 0.717) is 4.48 Å². The van der Waals surface area contributed by atoms with Crippen LogP contribution in [0.25, 0.3) is 0 Å². The molecule has 0 aromatic heterocycles. The summed E-state index contributed by atoms with van der Waals surface area (Å²) in [4.78, 5) is 0. The molecule has 0 atom stereocenters. The number of quaternary nitrogens is 1. The molecule has 7 heavy (non-hydrogen) atoms. The summed E-state index contributed by atoms with van der Waals surface area (Å²) >= 11 is 0. The molecule has 2 nitrogen and oxygen atoms in total. The number of rotatable bonds is 1. The fourth-order valence-electron chi connectivity index (χ4n) is 0.0707. The molecule has 0 saturated heterocycles. The highest BCUT2D eigenvalue weighted by molar-refractivity contribution is 4.47. The molecule has 0 rings (SSSR count). The third kappa shape index (κ3) is 2.18. The van der Waals surface area contributed by atoms with Crippen molar-refractivity contribution in [2.45, 2.75) is 6.92 Å². The standard InChI is InChI=1S/C5H11N2/c1-4-7(2,3)5-6/h4H2,1-3H3/q+1. The van der Waals surface area contributed by atoms with Gasteiger partial charge >= 0.3 is 6.19 Å². The fourth-order valence-corrected chi connectivity index (χ4v) is 0.0707. The van der Waals surface area contributed by atoms with Gasteiger partial charge in [-0.25, -0.2) is 4.48 Å². The van der Waals surface area contributed by atoms with Crippen molar-refractivity contribution < 1.29 is 4.48 Å². The molecule has 2 heteroatoms. The molecule has 0 heterocycles. The first-order valence-electron chi connectivity index (χ1n) is 2.36. The Hall–Kier alpha value is -0.550. The predicted octanol–water partition coefficient (Wildman–Crippen LogP) is 0.564. The fraction of sp³-hybridized carbons (Fsp3) is 0.800. The van der Waals surface area contributed by atoms with Crippen LogP contribution >= 0.6 is 0 Å². The zero-order valence-electron chi connectivity index (χ0n) is 5.10. The van der Waals surface area contributed by atoms with E-state index in [9.17, 15) is 0 Å². The van der Waals surface area contributed by atoms with E-state index in [-0.39, 0.29) is 0 Å². The molecular formula is C5H11N2+. The molecule has 0 aliphatic heterocycles. The van der Waals surface area contributed by atoms with Gasteiger partial charge in [-0.05, 0) is 6.92 Å². The minimum Gasteiger partial charge on any atom is -0.229 e. The number of nitrogens with zero attached hydrogens (tertiary/aromatic N) is 2. The van der Waals surface area contributed by atoms with Gasteiger partial charge in [-0.3, -0.25) is 0 Å². The molecule has 0 amide bonds. The first-order chi connectivity index (χ1) is 3.12. The Morgan fingerprint density at radius 1 is 1.57 bits per heavy atom. The normalized spacial score (nSPS) is 10.6. The highest BCUT2D eigenvalue weighted by Crippen LogP contribution is 1.88. The van der Waals surface area contributed by atoms with Crippen LogP contribution in [0.15, 0.2) is 0 Å². The summed E-state index contributed by atoms with van der Waals surface area (Å²) in [7, 11) is 3.75. The van der Waals surface area contributed by atoms with E-state index in [2.05, 4.69) is 6.19 Å². The van der Waals surface area contributed by atoms with Crippen molar-refractivity contribution in [2.75, 3.05) is 20.6 Å². The van der Waals surface area contributed by atoms with Crippen molar-refractivity contribution in [3.63, 3.8) is 0 Å². The van der Waals surface area contributed by atoms with Gasteiger partial charge in [-0.2, -0.15) is 0 Å². The molecule has 0 aromatic rings. The second kappa shape index (κ2) is 1.94. The molecule has 0 aliphatic rings. The summed E-state index contributed by atoms with van der Waals surface area (Å²) in [5.74, 6) is 0. The minimum atomic E-state index is 0.444. The summed E-state index contributed by atoms with van der Waals surface area (Å²) in [6, 6.07) is 0. The number of nitriles is 1. The monoisotopic (exact) mass is 99.1 g/mol. The molecule has 0 fully saturated rings. The van der Waals surface area contributed by atoms with Gasteiger partial charge in [0.1, 0.15) is 0 Å². The average molecular weight is 99.2 g/mol. The molecule has 0 N–H and O–H groups in total. The lowest BCUT2D eigenvalue weighted by molar-refractivity contribution is -0.822. The molecule has 0 spiro atoms. The van der Waals surface area contributed by atoms with Crippen molar-refractivity contribution in [1.29, 1.82) is 5.26 Å². The van der Waals surface area contributed by atoms with Crippen LogP contribution in [-0.2, 0) is 0 Å². The maximum Gasteiger partial charge on any atom is 0.308 e. The van der Waals surface area contributed by atoms with Crippen LogP contribution in [0.5, 0.6) is 0 Å². The van der Waals surface area contributed by atoms with Gasteiger partial charge in [0.2, 0.25) is 0 Å². The van der Waals surface area contributed by atoms with Gasteiger partial charge in [0.05, 0.1) is 20.6 Å². The van der Waals surface area contributed by atoms with Gasteiger partial charge < -0.3 is 0 Å². The number of hydrogen-bond donors (Lipinski definition) is 0. The second-order valence-corrected chi connectivity index (χ2v) is 2.10. The minimum absolute atomic E-state index is 0.444. The van der Waals surface area contributed by atoms with Gasteiger partial charge in [0.15, 0.2) is 0 Å². The molecule has 0 aliphatic carbocycles.